The van der Waals surface area contributed by atoms with Crippen LogP contribution in [0, 0.1) is 0 Å². The zero-order valence-corrected chi connectivity index (χ0v) is 12.1. The molecule has 0 saturated heterocycles. The van der Waals surface area contributed by atoms with Crippen LogP contribution in [0.15, 0.2) is 36.4 Å². The standard InChI is InChI=1S/C16H10F6O2/c1-24-13-5-3-2-4-11(13)14-9(8-23)6-10(15(17,18)19)7-12(14)16(20,21)22/h2-8H,1H3. The molecular formula is C16H10F6O2. The third-order valence-electron chi connectivity index (χ3n) is 3.30. The monoisotopic (exact) mass is 348 g/mol. The van der Waals surface area contributed by atoms with E-state index in [9.17, 15) is 31.1 Å². The van der Waals surface area contributed by atoms with Gasteiger partial charge in [-0.2, -0.15) is 26.3 Å². The third kappa shape index (κ3) is 3.37. The minimum atomic E-state index is -5.09. The summed E-state index contributed by atoms with van der Waals surface area (Å²) in [5.41, 5.74) is -4.59. The van der Waals surface area contributed by atoms with Gasteiger partial charge in [0.15, 0.2) is 6.29 Å². The van der Waals surface area contributed by atoms with Gasteiger partial charge in [-0.15, -0.1) is 0 Å². The molecule has 0 unspecified atom stereocenters. The fraction of sp³-hybridized carbons (Fsp3) is 0.188. The lowest BCUT2D eigenvalue weighted by Gasteiger charge is -2.19. The number of aldehydes is 1. The van der Waals surface area contributed by atoms with E-state index in [2.05, 4.69) is 0 Å². The maximum absolute atomic E-state index is 13.3. The number of carbonyl (C=O) groups is 1. The molecule has 0 aromatic heterocycles. The van der Waals surface area contributed by atoms with Crippen molar-refractivity contribution in [3.63, 3.8) is 0 Å². The largest absolute Gasteiger partial charge is 0.496 e. The van der Waals surface area contributed by atoms with Gasteiger partial charge < -0.3 is 4.74 Å². The second kappa shape index (κ2) is 6.18. The number of methoxy groups -OCH3 is 1. The molecule has 0 atom stereocenters. The van der Waals surface area contributed by atoms with E-state index in [1.54, 1.807) is 0 Å². The second-order valence-electron chi connectivity index (χ2n) is 4.80. The van der Waals surface area contributed by atoms with E-state index in [1.807, 2.05) is 0 Å². The number of halogens is 6. The number of carbonyl (C=O) groups excluding carboxylic acids is 1. The molecule has 0 spiro atoms. The Bertz CT molecular complexity index is 762. The molecule has 2 rings (SSSR count). The molecule has 0 heterocycles. The van der Waals surface area contributed by atoms with Crippen LogP contribution in [0.25, 0.3) is 11.1 Å². The summed E-state index contributed by atoms with van der Waals surface area (Å²) in [5, 5.41) is 0. The van der Waals surface area contributed by atoms with E-state index >= 15 is 0 Å². The van der Waals surface area contributed by atoms with E-state index in [0.29, 0.717) is 6.07 Å². The first kappa shape index (κ1) is 17.8. The number of ether oxygens (including phenoxy) is 1. The molecule has 0 amide bonds. The van der Waals surface area contributed by atoms with Gasteiger partial charge in [-0.05, 0) is 18.2 Å². The average Bonchev–Trinajstić information content (AvgIpc) is 2.51. The Morgan fingerprint density at radius 2 is 1.58 bits per heavy atom. The van der Waals surface area contributed by atoms with E-state index in [0.717, 1.165) is 0 Å². The predicted molar refractivity (Wildman–Crippen MR) is 73.8 cm³/mol. The van der Waals surface area contributed by atoms with Crippen LogP contribution in [0.1, 0.15) is 21.5 Å². The lowest BCUT2D eigenvalue weighted by molar-refractivity contribution is -0.142. The van der Waals surface area contributed by atoms with Crippen LogP contribution in [0.5, 0.6) is 5.75 Å². The molecule has 0 bridgehead atoms. The summed E-state index contributed by atoms with van der Waals surface area (Å²) in [4.78, 5) is 11.2. The van der Waals surface area contributed by atoms with Gasteiger partial charge in [0.05, 0.1) is 18.2 Å². The van der Waals surface area contributed by atoms with Crippen molar-refractivity contribution in [1.82, 2.24) is 0 Å². The number of hydrogen-bond acceptors (Lipinski definition) is 2. The van der Waals surface area contributed by atoms with Crippen molar-refractivity contribution in [1.29, 1.82) is 0 Å². The fourth-order valence-corrected chi connectivity index (χ4v) is 2.30. The number of benzene rings is 2. The highest BCUT2D eigenvalue weighted by molar-refractivity contribution is 5.91. The number of hydrogen-bond donors (Lipinski definition) is 0. The topological polar surface area (TPSA) is 26.3 Å². The summed E-state index contributed by atoms with van der Waals surface area (Å²) >= 11 is 0. The summed E-state index contributed by atoms with van der Waals surface area (Å²) in [7, 11) is 1.21. The van der Waals surface area contributed by atoms with Gasteiger partial charge in [0.1, 0.15) is 5.75 Å². The molecule has 0 radical (unpaired) electrons. The van der Waals surface area contributed by atoms with Crippen molar-refractivity contribution in [2.45, 2.75) is 12.4 Å². The van der Waals surface area contributed by atoms with Crippen LogP contribution in [0.2, 0.25) is 0 Å². The normalized spacial score (nSPS) is 12.1. The summed E-state index contributed by atoms with van der Waals surface area (Å²) < 4.78 is 83.5. The highest BCUT2D eigenvalue weighted by Crippen LogP contribution is 2.44. The Morgan fingerprint density at radius 3 is 2.08 bits per heavy atom. The summed E-state index contributed by atoms with van der Waals surface area (Å²) in [5.74, 6) is 0.00542. The van der Waals surface area contributed by atoms with Gasteiger partial charge in [0.25, 0.3) is 0 Å². The van der Waals surface area contributed by atoms with Crippen molar-refractivity contribution < 1.29 is 35.9 Å². The molecule has 0 saturated carbocycles. The number of alkyl halides is 6. The molecule has 0 fully saturated rings. The Hall–Kier alpha value is -2.51. The molecule has 2 aromatic carbocycles. The molecule has 128 valence electrons. The molecule has 0 aliphatic rings. The first-order valence-corrected chi connectivity index (χ1v) is 6.50. The predicted octanol–water partition coefficient (Wildman–Crippen LogP) is 5.21. The van der Waals surface area contributed by atoms with Crippen LogP contribution >= 0.6 is 0 Å². The summed E-state index contributed by atoms with van der Waals surface area (Å²) in [6.45, 7) is 0. The molecule has 2 nitrogen and oxygen atoms in total. The first-order chi connectivity index (χ1) is 11.1. The van der Waals surface area contributed by atoms with Gasteiger partial charge in [-0.25, -0.2) is 0 Å². The second-order valence-corrected chi connectivity index (χ2v) is 4.80. The molecule has 8 heteroatoms. The van der Waals surface area contributed by atoms with Crippen molar-refractivity contribution in [3.8, 4) is 16.9 Å². The van der Waals surface area contributed by atoms with E-state index in [4.69, 9.17) is 4.74 Å². The Kier molecular flexibility index (Phi) is 4.59. The van der Waals surface area contributed by atoms with Gasteiger partial charge in [-0.1, -0.05) is 18.2 Å². The lowest BCUT2D eigenvalue weighted by atomic mass is 9.91. The average molecular weight is 348 g/mol. The molecule has 0 N–H and O–H groups in total. The van der Waals surface area contributed by atoms with Gasteiger partial charge >= 0.3 is 12.4 Å². The SMILES string of the molecule is COc1ccccc1-c1c(C=O)cc(C(F)(F)F)cc1C(F)(F)F. The zero-order chi connectivity index (χ0) is 18.1. The quantitative estimate of drug-likeness (QED) is 0.562. The van der Waals surface area contributed by atoms with Crippen LogP contribution in [-0.2, 0) is 12.4 Å². The number of rotatable bonds is 3. The highest BCUT2D eigenvalue weighted by Gasteiger charge is 2.40. The van der Waals surface area contributed by atoms with E-state index in [-0.39, 0.29) is 23.7 Å². The molecular weight excluding hydrogens is 338 g/mol. The minimum Gasteiger partial charge on any atom is -0.496 e. The minimum absolute atomic E-state index is 0.00519. The van der Waals surface area contributed by atoms with Crippen LogP contribution < -0.4 is 4.74 Å². The molecule has 2 aromatic rings. The van der Waals surface area contributed by atoms with E-state index in [1.165, 1.54) is 31.4 Å². The molecule has 0 aliphatic carbocycles. The first-order valence-electron chi connectivity index (χ1n) is 6.50. The Balaban J connectivity index is 2.91. The third-order valence-corrected chi connectivity index (χ3v) is 3.30. The van der Waals surface area contributed by atoms with Crippen LogP contribution in [-0.4, -0.2) is 13.4 Å². The Labute approximate surface area is 132 Å². The van der Waals surface area contributed by atoms with Crippen LogP contribution in [0.3, 0.4) is 0 Å². The van der Waals surface area contributed by atoms with Gasteiger partial charge in [-0.3, -0.25) is 4.79 Å². The zero-order valence-electron chi connectivity index (χ0n) is 12.1. The van der Waals surface area contributed by atoms with Crippen molar-refractivity contribution in [2.24, 2.45) is 0 Å². The number of para-hydroxylation sites is 1. The van der Waals surface area contributed by atoms with Gasteiger partial charge in [0.2, 0.25) is 0 Å². The van der Waals surface area contributed by atoms with Crippen molar-refractivity contribution >= 4 is 6.29 Å². The smallest absolute Gasteiger partial charge is 0.417 e. The fourth-order valence-electron chi connectivity index (χ4n) is 2.30. The maximum Gasteiger partial charge on any atom is 0.417 e. The maximum atomic E-state index is 13.3. The Morgan fingerprint density at radius 1 is 0.958 bits per heavy atom. The highest BCUT2D eigenvalue weighted by atomic mass is 19.4. The van der Waals surface area contributed by atoms with E-state index < -0.39 is 34.6 Å². The van der Waals surface area contributed by atoms with Crippen molar-refractivity contribution in [3.05, 3.63) is 53.1 Å². The summed E-state index contributed by atoms with van der Waals surface area (Å²) in [6, 6.07) is 5.86. The van der Waals surface area contributed by atoms with Crippen LogP contribution in [0.4, 0.5) is 26.3 Å². The molecule has 0 aliphatic heterocycles. The van der Waals surface area contributed by atoms with Gasteiger partial charge in [0, 0.05) is 16.7 Å². The van der Waals surface area contributed by atoms with Crippen molar-refractivity contribution in [2.75, 3.05) is 7.11 Å². The molecule has 24 heavy (non-hydrogen) atoms. The lowest BCUT2D eigenvalue weighted by Crippen LogP contribution is -2.14. The summed E-state index contributed by atoms with van der Waals surface area (Å²) in [6.07, 6.45) is -10.1.